The van der Waals surface area contributed by atoms with Gasteiger partial charge in [0.2, 0.25) is 11.8 Å². The minimum absolute atomic E-state index is 0.0456. The molecule has 39 heavy (non-hydrogen) atoms. The molecule has 0 saturated carbocycles. The maximum Gasteiger partial charge on any atom is 0.257 e. The first-order valence-corrected chi connectivity index (χ1v) is 13.4. The van der Waals surface area contributed by atoms with Crippen molar-refractivity contribution in [2.45, 2.75) is 24.0 Å². The van der Waals surface area contributed by atoms with Gasteiger partial charge in [-0.3, -0.25) is 14.4 Å². The summed E-state index contributed by atoms with van der Waals surface area (Å²) in [4.78, 5) is 47.3. The van der Waals surface area contributed by atoms with Crippen molar-refractivity contribution in [1.82, 2.24) is 9.88 Å². The van der Waals surface area contributed by atoms with Crippen molar-refractivity contribution in [3.05, 3.63) is 114 Å². The molecule has 5 rings (SSSR count). The van der Waals surface area contributed by atoms with Crippen molar-refractivity contribution in [1.29, 1.82) is 5.26 Å². The molecule has 1 aliphatic heterocycles. The predicted molar refractivity (Wildman–Crippen MR) is 149 cm³/mol. The Morgan fingerprint density at radius 1 is 0.923 bits per heavy atom. The highest BCUT2D eigenvalue weighted by Crippen LogP contribution is 2.29. The molecule has 0 bridgehead atoms. The second-order valence-electron chi connectivity index (χ2n) is 8.95. The summed E-state index contributed by atoms with van der Waals surface area (Å²) >= 11 is 1.15. The highest BCUT2D eigenvalue weighted by molar-refractivity contribution is 8.00. The van der Waals surface area contributed by atoms with Gasteiger partial charge in [0.25, 0.3) is 5.91 Å². The van der Waals surface area contributed by atoms with E-state index in [1.165, 1.54) is 4.90 Å². The number of nitrogens with zero attached hydrogens (tertiary/aromatic N) is 4. The number of nitriles is 1. The first-order chi connectivity index (χ1) is 19.0. The van der Waals surface area contributed by atoms with Crippen LogP contribution >= 0.6 is 11.8 Å². The van der Waals surface area contributed by atoms with E-state index in [9.17, 15) is 19.6 Å². The zero-order valence-corrected chi connectivity index (χ0v) is 21.8. The van der Waals surface area contributed by atoms with Crippen molar-refractivity contribution in [2.24, 2.45) is 0 Å². The predicted octanol–water partition coefficient (Wildman–Crippen LogP) is 5.07. The first-order valence-electron chi connectivity index (χ1n) is 12.4. The third-order valence-electron chi connectivity index (χ3n) is 6.41. The lowest BCUT2D eigenvalue weighted by atomic mass is 10.1. The van der Waals surface area contributed by atoms with Gasteiger partial charge in [0.1, 0.15) is 17.1 Å². The van der Waals surface area contributed by atoms with Crippen LogP contribution in [0.1, 0.15) is 17.5 Å². The van der Waals surface area contributed by atoms with Gasteiger partial charge in [0.05, 0.1) is 29.1 Å². The molecule has 4 aromatic rings. The number of imide groups is 1. The topological polar surface area (TPSA) is 94.4 Å². The highest BCUT2D eigenvalue weighted by atomic mass is 32.2. The molecule has 1 aromatic heterocycles. The molecule has 0 N–H and O–H groups in total. The van der Waals surface area contributed by atoms with E-state index in [-0.39, 0.29) is 30.5 Å². The fourth-order valence-electron chi connectivity index (χ4n) is 4.48. The molecule has 7 nitrogen and oxygen atoms in total. The highest BCUT2D eigenvalue weighted by Gasteiger charge is 2.44. The van der Waals surface area contributed by atoms with Gasteiger partial charge in [0.15, 0.2) is 0 Å². The van der Waals surface area contributed by atoms with Crippen LogP contribution < -0.4 is 4.90 Å². The second kappa shape index (κ2) is 11.8. The first kappa shape index (κ1) is 25.9. The van der Waals surface area contributed by atoms with Crippen LogP contribution in [-0.2, 0) is 20.9 Å². The van der Waals surface area contributed by atoms with Gasteiger partial charge in [0, 0.05) is 12.1 Å². The normalized spacial score (nSPS) is 14.7. The molecule has 0 spiro atoms. The Kier molecular flexibility index (Phi) is 7.80. The molecule has 8 heteroatoms. The van der Waals surface area contributed by atoms with E-state index in [1.54, 1.807) is 36.4 Å². The van der Waals surface area contributed by atoms with Gasteiger partial charge in [-0.25, -0.2) is 9.88 Å². The smallest absolute Gasteiger partial charge is 0.257 e. The fraction of sp³-hybridized carbons (Fsp3) is 0.129. The maximum absolute atomic E-state index is 13.7. The Morgan fingerprint density at radius 2 is 1.56 bits per heavy atom. The molecule has 0 radical (unpaired) electrons. The van der Waals surface area contributed by atoms with Crippen LogP contribution in [0.2, 0.25) is 0 Å². The number of rotatable bonds is 8. The number of carbonyl (C=O) groups is 3. The molecule has 1 aliphatic rings. The van der Waals surface area contributed by atoms with Gasteiger partial charge in [-0.05, 0) is 29.8 Å². The van der Waals surface area contributed by atoms with Crippen LogP contribution in [0.4, 0.5) is 5.69 Å². The quantitative estimate of drug-likeness (QED) is 0.232. The summed E-state index contributed by atoms with van der Waals surface area (Å²) in [5.41, 5.74) is 3.29. The third kappa shape index (κ3) is 5.74. The number of carbonyl (C=O) groups excluding carboxylic acids is 3. The summed E-state index contributed by atoms with van der Waals surface area (Å²) < 4.78 is 0. The van der Waals surface area contributed by atoms with Crippen molar-refractivity contribution in [3.8, 4) is 17.3 Å². The van der Waals surface area contributed by atoms with Crippen LogP contribution in [0.15, 0.2) is 108 Å². The zero-order valence-electron chi connectivity index (χ0n) is 20.9. The largest absolute Gasteiger partial charge is 0.325 e. The number of thioether (sulfide) groups is 1. The zero-order chi connectivity index (χ0) is 27.2. The number of benzene rings is 3. The van der Waals surface area contributed by atoms with Gasteiger partial charge >= 0.3 is 0 Å². The van der Waals surface area contributed by atoms with E-state index in [0.717, 1.165) is 27.8 Å². The number of hydrogen-bond donors (Lipinski definition) is 0. The molecule has 1 atom stereocenters. The number of hydrogen-bond acceptors (Lipinski definition) is 6. The minimum atomic E-state index is -0.926. The molecule has 2 heterocycles. The Labute approximate surface area is 230 Å². The van der Waals surface area contributed by atoms with Crippen molar-refractivity contribution in [2.75, 3.05) is 10.7 Å². The fourth-order valence-corrected chi connectivity index (χ4v) is 5.34. The van der Waals surface area contributed by atoms with Gasteiger partial charge in [-0.1, -0.05) is 90.6 Å². The summed E-state index contributed by atoms with van der Waals surface area (Å²) in [6.07, 6.45) is -0.0951. The van der Waals surface area contributed by atoms with Crippen LogP contribution in [0, 0.1) is 11.3 Å². The summed E-state index contributed by atoms with van der Waals surface area (Å²) in [5, 5.41) is 10.1. The number of anilines is 1. The molecule has 3 aromatic carbocycles. The molecular formula is C31H24N4O3S. The lowest BCUT2D eigenvalue weighted by molar-refractivity contribution is -0.136. The number of aromatic nitrogens is 1. The molecule has 1 fully saturated rings. The van der Waals surface area contributed by atoms with Gasteiger partial charge < -0.3 is 4.90 Å². The standard InChI is InChI=1S/C31H24N4O3S/c32-19-24-16-17-26(23-12-6-2-7-13-23)33-30(24)39-21-29(37)34(20-22-10-4-1-5-11-22)27-18-28(36)35(31(27)38)25-14-8-3-9-15-25/h1-17,27H,18,20-21H2. The molecular weight excluding hydrogens is 508 g/mol. The van der Waals surface area contributed by atoms with Gasteiger partial charge in [-0.2, -0.15) is 5.26 Å². The van der Waals surface area contributed by atoms with E-state index in [1.807, 2.05) is 66.7 Å². The summed E-state index contributed by atoms with van der Waals surface area (Å²) in [7, 11) is 0. The van der Waals surface area contributed by atoms with E-state index < -0.39 is 11.9 Å². The average molecular weight is 533 g/mol. The van der Waals surface area contributed by atoms with E-state index in [2.05, 4.69) is 11.1 Å². The monoisotopic (exact) mass is 532 g/mol. The Balaban J connectivity index is 1.40. The minimum Gasteiger partial charge on any atom is -0.325 e. The molecule has 3 amide bonds. The molecule has 192 valence electrons. The van der Waals surface area contributed by atoms with Crippen LogP contribution in [0.3, 0.4) is 0 Å². The van der Waals surface area contributed by atoms with E-state index >= 15 is 0 Å². The maximum atomic E-state index is 13.7. The van der Waals surface area contributed by atoms with E-state index in [0.29, 0.717) is 22.0 Å². The lowest BCUT2D eigenvalue weighted by Crippen LogP contribution is -2.45. The van der Waals surface area contributed by atoms with Crippen molar-refractivity contribution in [3.63, 3.8) is 0 Å². The van der Waals surface area contributed by atoms with Crippen LogP contribution in [0.25, 0.3) is 11.3 Å². The SMILES string of the molecule is N#Cc1ccc(-c2ccccc2)nc1SCC(=O)N(Cc1ccccc1)C1CC(=O)N(c2ccccc2)C1=O. The Morgan fingerprint density at radius 3 is 2.23 bits per heavy atom. The lowest BCUT2D eigenvalue weighted by Gasteiger charge is -2.28. The average Bonchev–Trinajstić information content (AvgIpc) is 3.28. The second-order valence-corrected chi connectivity index (χ2v) is 9.91. The Hall–Kier alpha value is -4.74. The molecule has 1 saturated heterocycles. The summed E-state index contributed by atoms with van der Waals surface area (Å²) in [5.74, 6) is -1.14. The number of pyridine rings is 1. The molecule has 0 aliphatic carbocycles. The number of amides is 3. The third-order valence-corrected chi connectivity index (χ3v) is 7.39. The Bertz CT molecular complexity index is 1540. The number of para-hydroxylation sites is 1. The van der Waals surface area contributed by atoms with Gasteiger partial charge in [-0.15, -0.1) is 0 Å². The molecule has 1 unspecified atom stereocenters. The summed E-state index contributed by atoms with van der Waals surface area (Å²) in [6, 6.07) is 32.4. The summed E-state index contributed by atoms with van der Waals surface area (Å²) in [6.45, 7) is 0.176. The van der Waals surface area contributed by atoms with Crippen LogP contribution in [-0.4, -0.2) is 39.4 Å². The van der Waals surface area contributed by atoms with Crippen molar-refractivity contribution < 1.29 is 14.4 Å². The van der Waals surface area contributed by atoms with E-state index in [4.69, 9.17) is 0 Å². The van der Waals surface area contributed by atoms with Crippen LogP contribution in [0.5, 0.6) is 0 Å². The van der Waals surface area contributed by atoms with Crippen molar-refractivity contribution >= 4 is 35.2 Å².